The van der Waals surface area contributed by atoms with Crippen LogP contribution < -0.4 is 5.56 Å². The minimum Gasteiger partial charge on any atom is -0.346 e. The quantitative estimate of drug-likeness (QED) is 0.558. The average Bonchev–Trinajstić information content (AvgIpc) is 2.95. The molecule has 0 aliphatic rings. The second-order valence-electron chi connectivity index (χ2n) is 4.69. The number of aromatic nitrogens is 4. The van der Waals surface area contributed by atoms with Crippen LogP contribution in [0.25, 0.3) is 33.5 Å². The first-order chi connectivity index (χ1) is 10.2. The summed E-state index contributed by atoms with van der Waals surface area (Å²) in [5, 5.41) is 1.57. The highest BCUT2D eigenvalue weighted by atomic mass is 79.9. The molecule has 0 fully saturated rings. The van der Waals surface area contributed by atoms with E-state index in [1.807, 2.05) is 36.5 Å². The van der Waals surface area contributed by atoms with Crippen LogP contribution in [0.3, 0.4) is 0 Å². The Morgan fingerprint density at radius 3 is 2.86 bits per heavy atom. The number of hydrogen-bond donors (Lipinski definition) is 2. The highest BCUT2D eigenvalue weighted by molar-refractivity contribution is 9.10. The van der Waals surface area contributed by atoms with E-state index >= 15 is 0 Å². The Kier molecular flexibility index (Phi) is 2.65. The van der Waals surface area contributed by atoms with Crippen LogP contribution >= 0.6 is 15.9 Å². The van der Waals surface area contributed by atoms with Crippen LogP contribution in [0, 0.1) is 0 Å². The fourth-order valence-electron chi connectivity index (χ4n) is 2.29. The van der Waals surface area contributed by atoms with Crippen molar-refractivity contribution in [1.29, 1.82) is 0 Å². The van der Waals surface area contributed by atoms with Gasteiger partial charge in [-0.25, -0.2) is 9.97 Å². The summed E-state index contributed by atoms with van der Waals surface area (Å²) in [6, 6.07) is 11.2. The van der Waals surface area contributed by atoms with Crippen LogP contribution in [-0.4, -0.2) is 19.9 Å². The Morgan fingerprint density at radius 2 is 1.95 bits per heavy atom. The Hall–Kier alpha value is -2.47. The fraction of sp³-hybridized carbons (Fsp3) is 0. The number of benzene rings is 1. The van der Waals surface area contributed by atoms with E-state index in [-0.39, 0.29) is 5.56 Å². The zero-order chi connectivity index (χ0) is 14.4. The lowest BCUT2D eigenvalue weighted by atomic mass is 10.2. The number of halogens is 1. The maximum absolute atomic E-state index is 12.2. The summed E-state index contributed by atoms with van der Waals surface area (Å²) in [6.07, 6.45) is 1.83. The number of aromatic amines is 2. The molecule has 0 aliphatic carbocycles. The number of hydrogen-bond acceptors (Lipinski definition) is 3. The lowest BCUT2D eigenvalue weighted by molar-refractivity contribution is 1.15. The van der Waals surface area contributed by atoms with E-state index in [9.17, 15) is 4.79 Å². The molecule has 0 unspecified atom stereocenters. The largest absolute Gasteiger partial charge is 0.346 e. The van der Waals surface area contributed by atoms with E-state index in [0.717, 1.165) is 15.5 Å². The van der Waals surface area contributed by atoms with E-state index in [1.54, 1.807) is 6.07 Å². The van der Waals surface area contributed by atoms with Crippen molar-refractivity contribution < 1.29 is 0 Å². The predicted molar refractivity (Wildman–Crippen MR) is 85.2 cm³/mol. The molecule has 2 N–H and O–H groups in total. The van der Waals surface area contributed by atoms with Gasteiger partial charge in [-0.15, -0.1) is 0 Å². The van der Waals surface area contributed by atoms with Gasteiger partial charge in [-0.1, -0.05) is 15.9 Å². The molecular formula is C15H9BrN4O. The highest BCUT2D eigenvalue weighted by Crippen LogP contribution is 2.20. The minimum atomic E-state index is -0.176. The van der Waals surface area contributed by atoms with Gasteiger partial charge in [0.05, 0.1) is 10.9 Å². The molecule has 0 radical (unpaired) electrons. The molecule has 6 heteroatoms. The van der Waals surface area contributed by atoms with Crippen LogP contribution in [0.1, 0.15) is 0 Å². The van der Waals surface area contributed by atoms with Gasteiger partial charge in [0.2, 0.25) is 0 Å². The molecule has 0 saturated carbocycles. The van der Waals surface area contributed by atoms with Crippen molar-refractivity contribution in [2.45, 2.75) is 0 Å². The molecule has 3 heterocycles. The van der Waals surface area contributed by atoms with Gasteiger partial charge in [-0.2, -0.15) is 0 Å². The average molecular weight is 341 g/mol. The van der Waals surface area contributed by atoms with E-state index < -0.39 is 0 Å². The normalized spacial score (nSPS) is 11.3. The minimum absolute atomic E-state index is 0.176. The lowest BCUT2D eigenvalue weighted by Crippen LogP contribution is -2.10. The van der Waals surface area contributed by atoms with Crippen LogP contribution in [0.2, 0.25) is 0 Å². The standard InChI is InChI=1S/C15H9BrN4O/c16-9-2-4-11-10(7-9)15(21)20-14(18-11)12-3-1-8-5-6-17-13(8)19-12/h1-7H,(H,17,19)(H,18,20,21). The summed E-state index contributed by atoms with van der Waals surface area (Å²) in [5.41, 5.74) is 1.87. The van der Waals surface area contributed by atoms with Gasteiger partial charge in [-0.3, -0.25) is 4.79 Å². The fourth-order valence-corrected chi connectivity index (χ4v) is 2.66. The summed E-state index contributed by atoms with van der Waals surface area (Å²) in [6.45, 7) is 0. The zero-order valence-corrected chi connectivity index (χ0v) is 12.3. The number of pyridine rings is 1. The maximum atomic E-state index is 12.2. The van der Waals surface area contributed by atoms with Crippen molar-refractivity contribution >= 4 is 37.9 Å². The number of nitrogens with one attached hydrogen (secondary N) is 2. The molecule has 1 aromatic carbocycles. The smallest absolute Gasteiger partial charge is 0.259 e. The molecule has 21 heavy (non-hydrogen) atoms. The summed E-state index contributed by atoms with van der Waals surface area (Å²) in [7, 11) is 0. The molecule has 102 valence electrons. The molecule has 0 spiro atoms. The van der Waals surface area contributed by atoms with Gasteiger partial charge >= 0.3 is 0 Å². The van der Waals surface area contributed by atoms with Crippen molar-refractivity contribution in [3.05, 3.63) is 57.4 Å². The van der Waals surface area contributed by atoms with Gasteiger partial charge in [0, 0.05) is 16.1 Å². The van der Waals surface area contributed by atoms with Crippen LogP contribution in [0.5, 0.6) is 0 Å². The maximum Gasteiger partial charge on any atom is 0.259 e. The molecule has 0 bridgehead atoms. The SMILES string of the molecule is O=c1[nH]c(-c2ccc3cc[nH]c3n2)nc2ccc(Br)cc12. The van der Waals surface area contributed by atoms with Gasteiger partial charge < -0.3 is 9.97 Å². The molecule has 0 atom stereocenters. The van der Waals surface area contributed by atoms with Crippen LogP contribution in [-0.2, 0) is 0 Å². The predicted octanol–water partition coefficient (Wildman–Crippen LogP) is 3.23. The highest BCUT2D eigenvalue weighted by Gasteiger charge is 2.08. The number of H-pyrrole nitrogens is 2. The molecular weight excluding hydrogens is 332 g/mol. The van der Waals surface area contributed by atoms with Crippen LogP contribution in [0.4, 0.5) is 0 Å². The van der Waals surface area contributed by atoms with Gasteiger partial charge in [0.15, 0.2) is 5.82 Å². The zero-order valence-electron chi connectivity index (χ0n) is 10.7. The summed E-state index contributed by atoms with van der Waals surface area (Å²) >= 11 is 3.36. The first-order valence-electron chi connectivity index (χ1n) is 6.35. The number of rotatable bonds is 1. The summed E-state index contributed by atoms with van der Waals surface area (Å²) < 4.78 is 0.848. The monoisotopic (exact) mass is 340 g/mol. The molecule has 4 rings (SSSR count). The molecule has 0 aliphatic heterocycles. The van der Waals surface area contributed by atoms with Crippen molar-refractivity contribution in [3.63, 3.8) is 0 Å². The summed E-state index contributed by atoms with van der Waals surface area (Å²) in [4.78, 5) is 27.0. The van der Waals surface area contributed by atoms with Gasteiger partial charge in [0.1, 0.15) is 11.3 Å². The number of fused-ring (bicyclic) bond motifs is 2. The number of nitrogens with zero attached hydrogens (tertiary/aromatic N) is 2. The Morgan fingerprint density at radius 1 is 1.05 bits per heavy atom. The van der Waals surface area contributed by atoms with Gasteiger partial charge in [-0.05, 0) is 36.4 Å². The molecule has 4 aromatic rings. The molecule has 0 amide bonds. The van der Waals surface area contributed by atoms with E-state index in [0.29, 0.717) is 22.4 Å². The lowest BCUT2D eigenvalue weighted by Gasteiger charge is -2.03. The molecule has 5 nitrogen and oxygen atoms in total. The topological polar surface area (TPSA) is 74.4 Å². The Labute approximate surface area is 127 Å². The second kappa shape index (κ2) is 4.53. The third-order valence-electron chi connectivity index (χ3n) is 3.32. The van der Waals surface area contributed by atoms with Crippen molar-refractivity contribution in [3.8, 4) is 11.5 Å². The third kappa shape index (κ3) is 2.04. The first-order valence-corrected chi connectivity index (χ1v) is 7.14. The Balaban J connectivity index is 1.97. The van der Waals surface area contributed by atoms with Crippen LogP contribution in [0.15, 0.2) is 51.9 Å². The third-order valence-corrected chi connectivity index (χ3v) is 3.81. The summed E-state index contributed by atoms with van der Waals surface area (Å²) in [5.74, 6) is 0.464. The van der Waals surface area contributed by atoms with E-state index in [4.69, 9.17) is 0 Å². The van der Waals surface area contributed by atoms with E-state index in [2.05, 4.69) is 35.9 Å². The Bertz CT molecular complexity index is 1030. The van der Waals surface area contributed by atoms with Crippen molar-refractivity contribution in [1.82, 2.24) is 19.9 Å². The second-order valence-corrected chi connectivity index (χ2v) is 5.60. The van der Waals surface area contributed by atoms with Gasteiger partial charge in [0.25, 0.3) is 5.56 Å². The van der Waals surface area contributed by atoms with Crippen molar-refractivity contribution in [2.24, 2.45) is 0 Å². The molecule has 0 saturated heterocycles. The van der Waals surface area contributed by atoms with E-state index in [1.165, 1.54) is 0 Å². The molecule has 3 aromatic heterocycles. The first kappa shape index (κ1) is 12.3. The van der Waals surface area contributed by atoms with Crippen molar-refractivity contribution in [2.75, 3.05) is 0 Å².